The van der Waals surface area contributed by atoms with E-state index in [0.717, 1.165) is 10.2 Å². The van der Waals surface area contributed by atoms with Crippen molar-refractivity contribution in [1.82, 2.24) is 0 Å². The van der Waals surface area contributed by atoms with Gasteiger partial charge in [-0.05, 0) is 34.5 Å². The van der Waals surface area contributed by atoms with Crippen LogP contribution in [0.1, 0.15) is 13.3 Å². The Morgan fingerprint density at radius 1 is 1.53 bits per heavy atom. The first-order valence-corrected chi connectivity index (χ1v) is 5.57. The molecular weight excluding hydrogens is 258 g/mol. The van der Waals surface area contributed by atoms with E-state index >= 15 is 0 Å². The minimum absolute atomic E-state index is 0.242. The van der Waals surface area contributed by atoms with Crippen molar-refractivity contribution in [3.05, 3.63) is 28.7 Å². The van der Waals surface area contributed by atoms with Crippen LogP contribution in [-0.4, -0.2) is 19.1 Å². The van der Waals surface area contributed by atoms with Crippen LogP contribution in [0.15, 0.2) is 28.7 Å². The number of esters is 1. The van der Waals surface area contributed by atoms with Gasteiger partial charge < -0.3 is 10.1 Å². The number of methoxy groups -OCH3 is 1. The summed E-state index contributed by atoms with van der Waals surface area (Å²) in [6.07, 6.45) is 0.688. The summed E-state index contributed by atoms with van der Waals surface area (Å²) in [6.45, 7) is 1.94. The van der Waals surface area contributed by atoms with E-state index in [9.17, 15) is 4.79 Å². The molecule has 0 aliphatic rings. The molecule has 0 bridgehead atoms. The molecule has 4 heteroatoms. The van der Waals surface area contributed by atoms with Gasteiger partial charge in [-0.1, -0.05) is 19.1 Å². The Balaban J connectivity index is 2.75. The van der Waals surface area contributed by atoms with Gasteiger partial charge in [0.2, 0.25) is 0 Å². The van der Waals surface area contributed by atoms with Crippen LogP contribution in [0, 0.1) is 0 Å². The molecule has 1 N–H and O–H groups in total. The van der Waals surface area contributed by atoms with Gasteiger partial charge >= 0.3 is 5.97 Å². The normalized spacial score (nSPS) is 11.9. The molecule has 1 aromatic rings. The summed E-state index contributed by atoms with van der Waals surface area (Å²) >= 11 is 3.41. The molecule has 0 aromatic heterocycles. The Morgan fingerprint density at radius 3 is 2.73 bits per heavy atom. The monoisotopic (exact) mass is 271 g/mol. The van der Waals surface area contributed by atoms with E-state index in [-0.39, 0.29) is 12.0 Å². The lowest BCUT2D eigenvalue weighted by molar-refractivity contribution is -0.141. The third-order valence-electron chi connectivity index (χ3n) is 2.10. The number of para-hydroxylation sites is 1. The van der Waals surface area contributed by atoms with Crippen molar-refractivity contribution in [2.45, 2.75) is 19.4 Å². The van der Waals surface area contributed by atoms with Crippen LogP contribution in [0.3, 0.4) is 0 Å². The molecule has 0 radical (unpaired) electrons. The van der Waals surface area contributed by atoms with Crippen molar-refractivity contribution >= 4 is 27.6 Å². The number of hydrogen-bond donors (Lipinski definition) is 1. The minimum Gasteiger partial charge on any atom is -0.467 e. The van der Waals surface area contributed by atoms with Crippen molar-refractivity contribution in [3.63, 3.8) is 0 Å². The van der Waals surface area contributed by atoms with Crippen molar-refractivity contribution in [1.29, 1.82) is 0 Å². The van der Waals surface area contributed by atoms with Crippen LogP contribution in [0.4, 0.5) is 5.69 Å². The fourth-order valence-electron chi connectivity index (χ4n) is 1.24. The Morgan fingerprint density at radius 2 is 2.20 bits per heavy atom. The van der Waals surface area contributed by atoms with Gasteiger partial charge in [0, 0.05) is 10.2 Å². The predicted octanol–water partition coefficient (Wildman–Crippen LogP) is 2.81. The van der Waals surface area contributed by atoms with Crippen LogP contribution in [-0.2, 0) is 9.53 Å². The summed E-state index contributed by atoms with van der Waals surface area (Å²) in [5.41, 5.74) is 0.898. The van der Waals surface area contributed by atoms with E-state index in [4.69, 9.17) is 4.74 Å². The zero-order valence-electron chi connectivity index (χ0n) is 8.79. The maximum Gasteiger partial charge on any atom is 0.328 e. The van der Waals surface area contributed by atoms with E-state index in [2.05, 4.69) is 21.2 Å². The zero-order chi connectivity index (χ0) is 11.3. The highest BCUT2D eigenvalue weighted by molar-refractivity contribution is 9.10. The summed E-state index contributed by atoms with van der Waals surface area (Å²) in [5, 5.41) is 3.13. The second-order valence-electron chi connectivity index (χ2n) is 3.11. The molecule has 0 aliphatic carbocycles. The summed E-state index contributed by atoms with van der Waals surface area (Å²) in [6, 6.07) is 7.38. The molecule has 0 aliphatic heterocycles. The second kappa shape index (κ2) is 5.75. The number of hydrogen-bond acceptors (Lipinski definition) is 3. The number of rotatable bonds is 4. The standard InChI is InChI=1S/C11H14BrNO2/c1-3-9(11(14)15-2)13-10-7-5-4-6-8(10)12/h4-7,9,13H,3H2,1-2H3. The molecule has 1 atom stereocenters. The number of anilines is 1. The number of carbonyl (C=O) groups is 1. The van der Waals surface area contributed by atoms with Crippen LogP contribution < -0.4 is 5.32 Å². The van der Waals surface area contributed by atoms with Crippen molar-refractivity contribution in [2.24, 2.45) is 0 Å². The Kier molecular flexibility index (Phi) is 4.62. The molecule has 0 saturated carbocycles. The highest BCUT2D eigenvalue weighted by atomic mass is 79.9. The largest absolute Gasteiger partial charge is 0.467 e. The molecule has 0 fully saturated rings. The molecule has 0 amide bonds. The average molecular weight is 272 g/mol. The number of halogens is 1. The zero-order valence-corrected chi connectivity index (χ0v) is 10.4. The van der Waals surface area contributed by atoms with Crippen LogP contribution in [0.2, 0.25) is 0 Å². The molecule has 1 unspecified atom stereocenters. The van der Waals surface area contributed by atoms with Gasteiger partial charge in [-0.3, -0.25) is 0 Å². The van der Waals surface area contributed by atoms with E-state index in [0.29, 0.717) is 6.42 Å². The fraction of sp³-hybridized carbons (Fsp3) is 0.364. The minimum atomic E-state index is -0.298. The second-order valence-corrected chi connectivity index (χ2v) is 3.96. The number of ether oxygens (including phenoxy) is 1. The lowest BCUT2D eigenvalue weighted by atomic mass is 10.2. The summed E-state index contributed by atoms with van der Waals surface area (Å²) in [4.78, 5) is 11.4. The fourth-order valence-corrected chi connectivity index (χ4v) is 1.64. The van der Waals surface area contributed by atoms with Crippen molar-refractivity contribution in [2.75, 3.05) is 12.4 Å². The Hall–Kier alpha value is -1.03. The summed E-state index contributed by atoms with van der Waals surface area (Å²) in [7, 11) is 1.40. The van der Waals surface area contributed by atoms with Crippen LogP contribution >= 0.6 is 15.9 Å². The lowest BCUT2D eigenvalue weighted by Gasteiger charge is -2.16. The van der Waals surface area contributed by atoms with Gasteiger partial charge in [0.05, 0.1) is 7.11 Å². The molecule has 82 valence electrons. The first kappa shape index (κ1) is 12.0. The maximum absolute atomic E-state index is 11.4. The number of carbonyl (C=O) groups excluding carboxylic acids is 1. The molecule has 1 rings (SSSR count). The molecular formula is C11H14BrNO2. The van der Waals surface area contributed by atoms with Crippen LogP contribution in [0.5, 0.6) is 0 Å². The average Bonchev–Trinajstić information content (AvgIpc) is 2.27. The third-order valence-corrected chi connectivity index (χ3v) is 2.79. The molecule has 0 spiro atoms. The number of nitrogens with one attached hydrogen (secondary N) is 1. The smallest absolute Gasteiger partial charge is 0.328 e. The van der Waals surface area contributed by atoms with E-state index < -0.39 is 0 Å². The number of benzene rings is 1. The molecule has 3 nitrogen and oxygen atoms in total. The SMILES string of the molecule is CCC(Nc1ccccc1Br)C(=O)OC. The maximum atomic E-state index is 11.4. The van der Waals surface area contributed by atoms with E-state index in [1.54, 1.807) is 0 Å². The predicted molar refractivity (Wildman–Crippen MR) is 63.9 cm³/mol. The Bertz CT molecular complexity index is 341. The first-order chi connectivity index (χ1) is 7.19. The Labute approximate surface area is 97.9 Å². The lowest BCUT2D eigenvalue weighted by Crippen LogP contribution is -2.29. The molecule has 15 heavy (non-hydrogen) atoms. The van der Waals surface area contributed by atoms with E-state index in [1.165, 1.54) is 7.11 Å². The van der Waals surface area contributed by atoms with Gasteiger partial charge in [-0.25, -0.2) is 4.79 Å². The molecule has 1 aromatic carbocycles. The van der Waals surface area contributed by atoms with Gasteiger partial charge in [0.15, 0.2) is 0 Å². The topological polar surface area (TPSA) is 38.3 Å². The van der Waals surface area contributed by atoms with Gasteiger partial charge in [-0.2, -0.15) is 0 Å². The van der Waals surface area contributed by atoms with Crippen molar-refractivity contribution in [3.8, 4) is 0 Å². The molecule has 0 saturated heterocycles. The van der Waals surface area contributed by atoms with Crippen LogP contribution in [0.25, 0.3) is 0 Å². The van der Waals surface area contributed by atoms with Crippen molar-refractivity contribution < 1.29 is 9.53 Å². The highest BCUT2D eigenvalue weighted by Gasteiger charge is 2.16. The van der Waals surface area contributed by atoms with Gasteiger partial charge in [0.25, 0.3) is 0 Å². The third kappa shape index (κ3) is 3.23. The van der Waals surface area contributed by atoms with Gasteiger partial charge in [-0.15, -0.1) is 0 Å². The first-order valence-electron chi connectivity index (χ1n) is 4.78. The molecule has 0 heterocycles. The summed E-state index contributed by atoms with van der Waals surface area (Å²) < 4.78 is 5.64. The van der Waals surface area contributed by atoms with Gasteiger partial charge in [0.1, 0.15) is 6.04 Å². The van der Waals surface area contributed by atoms with E-state index in [1.807, 2.05) is 31.2 Å². The quantitative estimate of drug-likeness (QED) is 0.856. The summed E-state index contributed by atoms with van der Waals surface area (Å²) in [5.74, 6) is -0.242. The highest BCUT2D eigenvalue weighted by Crippen LogP contribution is 2.22.